The summed E-state index contributed by atoms with van der Waals surface area (Å²) < 4.78 is 37.6. The third-order valence-electron chi connectivity index (χ3n) is 3.73. The van der Waals surface area contributed by atoms with Gasteiger partial charge in [-0.2, -0.15) is 5.10 Å². The molecule has 1 N–H and O–H groups in total. The Kier molecular flexibility index (Phi) is 8.78. The monoisotopic (exact) mass is 425 g/mol. The van der Waals surface area contributed by atoms with Crippen LogP contribution in [-0.2, 0) is 14.3 Å². The molecule has 2 rings (SSSR count). The normalized spacial score (nSPS) is 16.6. The number of hydrogen-bond donors (Lipinski definition) is 1. The zero-order valence-electron chi connectivity index (χ0n) is 16.0. The summed E-state index contributed by atoms with van der Waals surface area (Å²) in [5, 5.41) is 10.1. The Morgan fingerprint density at radius 1 is 1.28 bits per heavy atom. The van der Waals surface area contributed by atoms with E-state index in [-0.39, 0.29) is 21.4 Å². The molecule has 1 aliphatic heterocycles. The molecule has 0 spiro atoms. The largest absolute Gasteiger partial charge is 0.490 e. The molecular weight excluding hydrogens is 404 g/mol. The number of carbonyl (C=O) groups is 2. The van der Waals surface area contributed by atoms with Crippen LogP contribution in [0.2, 0.25) is 0 Å². The summed E-state index contributed by atoms with van der Waals surface area (Å²) in [6, 6.07) is 1.82. The number of rotatable bonds is 9. The third kappa shape index (κ3) is 6.97. The summed E-state index contributed by atoms with van der Waals surface area (Å²) in [6.07, 6.45) is 5.98. The van der Waals surface area contributed by atoms with Gasteiger partial charge in [0.05, 0.1) is 24.8 Å². The van der Waals surface area contributed by atoms with Crippen LogP contribution in [0.15, 0.2) is 33.3 Å². The summed E-state index contributed by atoms with van der Waals surface area (Å²) in [5.74, 6) is -2.92. The number of ether oxygens (including phenoxy) is 2. The number of methoxy groups -OCH3 is 1. The van der Waals surface area contributed by atoms with E-state index in [1.165, 1.54) is 7.11 Å². The Bertz CT molecular complexity index is 856. The fourth-order valence-corrected chi connectivity index (χ4v) is 3.06. The van der Waals surface area contributed by atoms with Crippen molar-refractivity contribution in [2.24, 2.45) is 10.2 Å². The molecule has 1 aliphatic rings. The second kappa shape index (κ2) is 11.3. The zero-order chi connectivity index (χ0) is 21.2. The van der Waals surface area contributed by atoms with Crippen molar-refractivity contribution in [3.63, 3.8) is 0 Å². The average Bonchev–Trinajstić information content (AvgIpc) is 3.02. The first kappa shape index (κ1) is 22.5. The van der Waals surface area contributed by atoms with Gasteiger partial charge in [-0.25, -0.2) is 13.6 Å². The molecule has 0 aromatic heterocycles. The predicted octanol–water partition coefficient (Wildman–Crippen LogP) is 3.53. The summed E-state index contributed by atoms with van der Waals surface area (Å²) in [4.78, 5) is 23.1. The summed E-state index contributed by atoms with van der Waals surface area (Å²) >= 11 is 0.886. The number of nitrogens with one attached hydrogen (secondary N) is 1. The summed E-state index contributed by atoms with van der Waals surface area (Å²) in [6.45, 7) is 2.38. The summed E-state index contributed by atoms with van der Waals surface area (Å²) in [5.41, 5.74) is 0.0852. The number of unbranched alkanes of at least 4 members (excludes halogenated alkanes) is 3. The van der Waals surface area contributed by atoms with Gasteiger partial charge in [0, 0.05) is 17.7 Å². The number of amides is 1. The van der Waals surface area contributed by atoms with Crippen LogP contribution >= 0.6 is 11.8 Å². The third-order valence-corrected chi connectivity index (χ3v) is 4.63. The summed E-state index contributed by atoms with van der Waals surface area (Å²) in [7, 11) is 1.19. The van der Waals surface area contributed by atoms with Gasteiger partial charge in [0.25, 0.3) is 5.91 Å². The standard InChI is InChI=1S/C19H21F2N3O4S/c1-3-4-5-6-7-28-17-12(8-13(20)9-14(17)21)11-22-24-19-23-18(26)15(29-19)10-16(25)27-2/h8-11H,3-7H2,1-2H3,(H,23,24,26)/b15-10+,22-11?. The molecule has 156 valence electrons. The smallest absolute Gasteiger partial charge is 0.331 e. The number of benzene rings is 1. The Balaban J connectivity index is 2.09. The van der Waals surface area contributed by atoms with E-state index in [1.54, 1.807) is 0 Å². The first-order valence-corrected chi connectivity index (χ1v) is 9.78. The molecule has 1 aromatic rings. The molecule has 1 heterocycles. The Morgan fingerprint density at radius 3 is 2.79 bits per heavy atom. The first-order valence-electron chi connectivity index (χ1n) is 8.96. The van der Waals surface area contributed by atoms with Crippen LogP contribution in [0.1, 0.15) is 38.2 Å². The van der Waals surface area contributed by atoms with Gasteiger partial charge in [0.15, 0.2) is 16.7 Å². The van der Waals surface area contributed by atoms with E-state index in [2.05, 4.69) is 27.2 Å². The number of esters is 1. The minimum absolute atomic E-state index is 0.0852. The molecule has 1 amide bonds. The molecule has 1 saturated heterocycles. The van der Waals surface area contributed by atoms with Gasteiger partial charge >= 0.3 is 5.97 Å². The van der Waals surface area contributed by atoms with E-state index < -0.39 is 23.5 Å². The van der Waals surface area contributed by atoms with Crippen molar-refractivity contribution in [3.8, 4) is 5.75 Å². The topological polar surface area (TPSA) is 89.4 Å². The van der Waals surface area contributed by atoms with Crippen molar-refractivity contribution in [1.82, 2.24) is 5.32 Å². The minimum atomic E-state index is -0.832. The van der Waals surface area contributed by atoms with Crippen LogP contribution in [0.25, 0.3) is 0 Å². The average molecular weight is 425 g/mol. The quantitative estimate of drug-likeness (QED) is 0.215. The van der Waals surface area contributed by atoms with Crippen molar-refractivity contribution >= 4 is 35.0 Å². The lowest BCUT2D eigenvalue weighted by Crippen LogP contribution is -2.19. The maximum absolute atomic E-state index is 14.1. The molecule has 0 bridgehead atoms. The molecule has 29 heavy (non-hydrogen) atoms. The van der Waals surface area contributed by atoms with Crippen LogP contribution < -0.4 is 10.1 Å². The maximum Gasteiger partial charge on any atom is 0.331 e. The predicted molar refractivity (Wildman–Crippen MR) is 107 cm³/mol. The molecule has 0 aliphatic carbocycles. The fraction of sp³-hybridized carbons (Fsp3) is 0.368. The zero-order valence-corrected chi connectivity index (χ0v) is 16.9. The number of carbonyl (C=O) groups excluding carboxylic acids is 2. The maximum atomic E-state index is 14.1. The van der Waals surface area contributed by atoms with E-state index in [1.807, 2.05) is 0 Å². The SMILES string of the molecule is CCCCCCOc1c(F)cc(F)cc1C=N/N=C1/NC(=O)/C(=C\C(=O)OC)S1. The number of nitrogens with zero attached hydrogens (tertiary/aromatic N) is 2. The van der Waals surface area contributed by atoms with Crippen LogP contribution in [0, 0.1) is 11.6 Å². The second-order valence-corrected chi connectivity index (χ2v) is 6.98. The highest BCUT2D eigenvalue weighted by Crippen LogP contribution is 2.25. The number of thioether (sulfide) groups is 1. The highest BCUT2D eigenvalue weighted by atomic mass is 32.2. The van der Waals surface area contributed by atoms with Gasteiger partial charge in [0.2, 0.25) is 0 Å². The van der Waals surface area contributed by atoms with Gasteiger partial charge in [-0.3, -0.25) is 10.1 Å². The van der Waals surface area contributed by atoms with Crippen LogP contribution in [0.3, 0.4) is 0 Å². The Labute approximate surface area is 171 Å². The molecule has 0 radical (unpaired) electrons. The lowest BCUT2D eigenvalue weighted by Gasteiger charge is -2.10. The second-order valence-electron chi connectivity index (χ2n) is 5.95. The molecular formula is C19H21F2N3O4S. The van der Waals surface area contributed by atoms with Crippen LogP contribution in [0.4, 0.5) is 8.78 Å². The highest BCUT2D eigenvalue weighted by Gasteiger charge is 2.25. The highest BCUT2D eigenvalue weighted by molar-refractivity contribution is 8.18. The fourth-order valence-electron chi connectivity index (χ4n) is 2.32. The Hall–Kier alpha value is -2.75. The van der Waals surface area contributed by atoms with E-state index in [4.69, 9.17) is 4.74 Å². The molecule has 0 saturated carbocycles. The molecule has 7 nitrogen and oxygen atoms in total. The molecule has 0 unspecified atom stereocenters. The van der Waals surface area contributed by atoms with E-state index in [9.17, 15) is 18.4 Å². The van der Waals surface area contributed by atoms with Gasteiger partial charge in [-0.15, -0.1) is 5.10 Å². The lowest BCUT2D eigenvalue weighted by atomic mass is 10.2. The van der Waals surface area contributed by atoms with E-state index in [0.717, 1.165) is 61.9 Å². The van der Waals surface area contributed by atoms with Crippen molar-refractivity contribution < 1.29 is 27.8 Å². The van der Waals surface area contributed by atoms with Gasteiger partial charge < -0.3 is 9.47 Å². The molecule has 1 aromatic carbocycles. The van der Waals surface area contributed by atoms with Crippen molar-refractivity contribution in [2.45, 2.75) is 32.6 Å². The van der Waals surface area contributed by atoms with Gasteiger partial charge in [0.1, 0.15) is 5.82 Å². The Morgan fingerprint density at radius 2 is 2.07 bits per heavy atom. The van der Waals surface area contributed by atoms with E-state index in [0.29, 0.717) is 6.61 Å². The minimum Gasteiger partial charge on any atom is -0.490 e. The van der Waals surface area contributed by atoms with E-state index >= 15 is 0 Å². The molecule has 0 atom stereocenters. The molecule has 10 heteroatoms. The molecule has 1 fully saturated rings. The van der Waals surface area contributed by atoms with Crippen molar-refractivity contribution in [3.05, 3.63) is 40.3 Å². The van der Waals surface area contributed by atoms with Gasteiger partial charge in [-0.05, 0) is 24.2 Å². The van der Waals surface area contributed by atoms with Crippen molar-refractivity contribution in [1.29, 1.82) is 0 Å². The van der Waals surface area contributed by atoms with Crippen LogP contribution in [0.5, 0.6) is 5.75 Å². The van der Waals surface area contributed by atoms with Crippen molar-refractivity contribution in [2.75, 3.05) is 13.7 Å². The van der Waals surface area contributed by atoms with Gasteiger partial charge in [-0.1, -0.05) is 26.2 Å². The first-order chi connectivity index (χ1) is 13.9. The number of hydrogen-bond acceptors (Lipinski definition) is 7. The number of amidine groups is 1. The van der Waals surface area contributed by atoms with Crippen LogP contribution in [-0.4, -0.2) is 37.0 Å². The number of halogens is 2. The lowest BCUT2D eigenvalue weighted by molar-refractivity contribution is -0.135.